The average Bonchev–Trinajstić information content (AvgIpc) is 3.26. The molecule has 0 bridgehead atoms. The van der Waals surface area contributed by atoms with Gasteiger partial charge in [-0.3, -0.25) is 14.3 Å². The molecule has 1 amide bonds. The first-order valence-electron chi connectivity index (χ1n) is 8.84. The van der Waals surface area contributed by atoms with E-state index in [1.54, 1.807) is 30.9 Å². The van der Waals surface area contributed by atoms with Gasteiger partial charge in [0.15, 0.2) is 11.3 Å². The molecule has 0 radical (unpaired) electrons. The quantitative estimate of drug-likeness (QED) is 0.786. The van der Waals surface area contributed by atoms with Crippen LogP contribution in [0.3, 0.4) is 0 Å². The number of nitrogens with one attached hydrogen (secondary N) is 1. The zero-order valence-corrected chi connectivity index (χ0v) is 14.9. The number of rotatable bonds is 3. The molecule has 0 aliphatic heterocycles. The van der Waals surface area contributed by atoms with Crippen LogP contribution in [-0.4, -0.2) is 44.4 Å². The highest BCUT2D eigenvalue weighted by Gasteiger charge is 2.22. The van der Waals surface area contributed by atoms with Gasteiger partial charge in [0.25, 0.3) is 5.91 Å². The molecule has 1 N–H and O–H groups in total. The van der Waals surface area contributed by atoms with Gasteiger partial charge in [-0.2, -0.15) is 0 Å². The topological polar surface area (TPSA) is 83.9 Å². The van der Waals surface area contributed by atoms with E-state index in [-0.39, 0.29) is 17.6 Å². The molecule has 3 aromatic rings. The van der Waals surface area contributed by atoms with Crippen LogP contribution < -0.4 is 5.69 Å². The molecule has 0 unspecified atom stereocenters. The summed E-state index contributed by atoms with van der Waals surface area (Å²) in [7, 11) is 3.45. The third-order valence-corrected chi connectivity index (χ3v) is 4.93. The molecule has 1 aromatic carbocycles. The zero-order chi connectivity index (χ0) is 18.3. The lowest BCUT2D eigenvalue weighted by molar-refractivity contribution is 0.0827. The highest BCUT2D eigenvalue weighted by atomic mass is 16.2. The average molecular weight is 351 g/mol. The summed E-state index contributed by atoms with van der Waals surface area (Å²) in [6.07, 6.45) is 5.88. The molecule has 0 spiro atoms. The predicted molar refractivity (Wildman–Crippen MR) is 99.1 cm³/mol. The van der Waals surface area contributed by atoms with E-state index in [2.05, 4.69) is 9.97 Å². The summed E-state index contributed by atoms with van der Waals surface area (Å²) in [5.74, 6) is -0.0644. The first kappa shape index (κ1) is 16.5. The summed E-state index contributed by atoms with van der Waals surface area (Å²) in [6, 6.07) is 7.50. The van der Waals surface area contributed by atoms with Crippen molar-refractivity contribution in [3.8, 4) is 11.3 Å². The number of aromatic nitrogens is 4. The van der Waals surface area contributed by atoms with Gasteiger partial charge in [0.1, 0.15) is 0 Å². The largest absolute Gasteiger partial charge is 0.345 e. The molecule has 2 aromatic heterocycles. The number of imidazole rings is 1. The van der Waals surface area contributed by atoms with E-state index in [9.17, 15) is 9.59 Å². The van der Waals surface area contributed by atoms with Gasteiger partial charge in [-0.15, -0.1) is 0 Å². The molecule has 1 fully saturated rings. The Balaban J connectivity index is 1.80. The van der Waals surface area contributed by atoms with Crippen molar-refractivity contribution in [1.82, 2.24) is 24.4 Å². The Kier molecular flexibility index (Phi) is 4.06. The molecule has 0 saturated heterocycles. The maximum Gasteiger partial charge on any atom is 0.329 e. The Morgan fingerprint density at radius 2 is 2.04 bits per heavy atom. The summed E-state index contributed by atoms with van der Waals surface area (Å²) in [5, 5.41) is 0. The lowest BCUT2D eigenvalue weighted by Crippen LogP contribution is -2.21. The van der Waals surface area contributed by atoms with Crippen LogP contribution in [0.25, 0.3) is 22.6 Å². The fourth-order valence-corrected chi connectivity index (χ4v) is 3.60. The second kappa shape index (κ2) is 6.40. The highest BCUT2D eigenvalue weighted by molar-refractivity contribution is 5.95. The fraction of sp³-hybridized carbons (Fsp3) is 0.368. The van der Waals surface area contributed by atoms with Gasteiger partial charge in [0, 0.05) is 31.3 Å². The Bertz CT molecular complexity index is 1030. The molecular weight excluding hydrogens is 330 g/mol. The van der Waals surface area contributed by atoms with Crippen LogP contribution >= 0.6 is 0 Å². The van der Waals surface area contributed by atoms with Crippen molar-refractivity contribution in [2.24, 2.45) is 0 Å². The van der Waals surface area contributed by atoms with Crippen molar-refractivity contribution in [2.45, 2.75) is 31.7 Å². The minimum atomic E-state index is -0.152. The normalized spacial score (nSPS) is 14.8. The number of benzene rings is 1. The van der Waals surface area contributed by atoms with Crippen molar-refractivity contribution in [3.05, 3.63) is 46.5 Å². The van der Waals surface area contributed by atoms with Crippen molar-refractivity contribution in [3.63, 3.8) is 0 Å². The summed E-state index contributed by atoms with van der Waals surface area (Å²) in [6.45, 7) is 0. The summed E-state index contributed by atoms with van der Waals surface area (Å²) >= 11 is 0. The zero-order valence-electron chi connectivity index (χ0n) is 14.9. The second-order valence-electron chi connectivity index (χ2n) is 6.95. The number of fused-ring (bicyclic) bond motifs is 1. The van der Waals surface area contributed by atoms with E-state index < -0.39 is 0 Å². The number of nitrogens with zero attached hydrogens (tertiary/aromatic N) is 4. The molecule has 2 heterocycles. The molecule has 4 rings (SSSR count). The smallest absolute Gasteiger partial charge is 0.329 e. The van der Waals surface area contributed by atoms with Crippen LogP contribution in [0.1, 0.15) is 42.1 Å². The minimum Gasteiger partial charge on any atom is -0.345 e. The molecule has 7 heteroatoms. The SMILES string of the molecule is CN(C)C(=O)c1cccc(-c2cnc3[nH]c(=O)n(C4CCCC4)c3n2)c1. The van der Waals surface area contributed by atoms with Gasteiger partial charge in [-0.25, -0.2) is 14.8 Å². The Hall–Kier alpha value is -2.96. The first-order chi connectivity index (χ1) is 12.5. The number of hydrogen-bond donors (Lipinski definition) is 1. The number of amides is 1. The Morgan fingerprint density at radius 3 is 2.77 bits per heavy atom. The summed E-state index contributed by atoms with van der Waals surface area (Å²) in [5.41, 5.74) is 2.99. The monoisotopic (exact) mass is 351 g/mol. The molecule has 0 atom stereocenters. The van der Waals surface area contributed by atoms with Crippen LogP contribution in [0, 0.1) is 0 Å². The maximum absolute atomic E-state index is 12.4. The van der Waals surface area contributed by atoms with Gasteiger partial charge in [-0.05, 0) is 25.0 Å². The van der Waals surface area contributed by atoms with Gasteiger partial charge >= 0.3 is 5.69 Å². The molecule has 26 heavy (non-hydrogen) atoms. The van der Waals surface area contributed by atoms with Crippen LogP contribution in [-0.2, 0) is 0 Å². The van der Waals surface area contributed by atoms with Crippen LogP contribution in [0.15, 0.2) is 35.3 Å². The third kappa shape index (κ3) is 2.79. The number of H-pyrrole nitrogens is 1. The molecule has 1 aliphatic rings. The van der Waals surface area contributed by atoms with Crippen molar-refractivity contribution >= 4 is 17.2 Å². The molecule has 7 nitrogen and oxygen atoms in total. The van der Waals surface area contributed by atoms with Crippen LogP contribution in [0.2, 0.25) is 0 Å². The predicted octanol–water partition coefficient (Wildman–Crippen LogP) is 2.60. The Morgan fingerprint density at radius 1 is 1.27 bits per heavy atom. The molecule has 1 saturated carbocycles. The van der Waals surface area contributed by atoms with Gasteiger partial charge in [0.05, 0.1) is 11.9 Å². The summed E-state index contributed by atoms with van der Waals surface area (Å²) in [4.78, 5) is 38.0. The van der Waals surface area contributed by atoms with Crippen LogP contribution in [0.5, 0.6) is 0 Å². The fourth-order valence-electron chi connectivity index (χ4n) is 3.60. The molecule has 1 aliphatic carbocycles. The summed E-state index contributed by atoms with van der Waals surface area (Å²) < 4.78 is 1.74. The third-order valence-electron chi connectivity index (χ3n) is 4.93. The number of carbonyl (C=O) groups excluding carboxylic acids is 1. The minimum absolute atomic E-state index is 0.0644. The van der Waals surface area contributed by atoms with Crippen LogP contribution in [0.4, 0.5) is 0 Å². The van der Waals surface area contributed by atoms with E-state index in [4.69, 9.17) is 4.98 Å². The van der Waals surface area contributed by atoms with E-state index in [1.165, 1.54) is 4.90 Å². The first-order valence-corrected chi connectivity index (χ1v) is 8.84. The molecular formula is C19H21N5O2. The number of carbonyl (C=O) groups is 1. The van der Waals surface area contributed by atoms with Crippen molar-refractivity contribution in [2.75, 3.05) is 14.1 Å². The van der Waals surface area contributed by atoms with Crippen molar-refractivity contribution in [1.29, 1.82) is 0 Å². The van der Waals surface area contributed by atoms with E-state index in [0.717, 1.165) is 31.2 Å². The van der Waals surface area contributed by atoms with Gasteiger partial charge in [0.2, 0.25) is 0 Å². The van der Waals surface area contributed by atoms with E-state index in [0.29, 0.717) is 22.6 Å². The van der Waals surface area contributed by atoms with Crippen molar-refractivity contribution < 1.29 is 4.79 Å². The lowest BCUT2D eigenvalue weighted by atomic mass is 10.1. The number of hydrogen-bond acceptors (Lipinski definition) is 4. The Labute approximate surface area is 150 Å². The van der Waals surface area contributed by atoms with E-state index >= 15 is 0 Å². The van der Waals surface area contributed by atoms with Gasteiger partial charge in [-0.1, -0.05) is 25.0 Å². The highest BCUT2D eigenvalue weighted by Crippen LogP contribution is 2.30. The number of aromatic amines is 1. The van der Waals surface area contributed by atoms with E-state index in [1.807, 2.05) is 18.2 Å². The molecule has 134 valence electrons. The maximum atomic E-state index is 12.4. The standard InChI is InChI=1S/C19H21N5O2/c1-23(2)18(25)13-7-5-6-12(10-13)15-11-20-16-17(21-15)24(19(26)22-16)14-8-3-4-9-14/h5-7,10-11,14H,3-4,8-9H2,1-2H3,(H,20,22,26). The second-order valence-corrected chi connectivity index (χ2v) is 6.95. The van der Waals surface area contributed by atoms with Gasteiger partial charge < -0.3 is 4.90 Å². The lowest BCUT2D eigenvalue weighted by Gasteiger charge is -2.12.